The summed E-state index contributed by atoms with van der Waals surface area (Å²) < 4.78 is 32.9. The number of rotatable bonds is 6. The van der Waals surface area contributed by atoms with Gasteiger partial charge in [-0.15, -0.1) is 0 Å². The van der Waals surface area contributed by atoms with Crippen molar-refractivity contribution in [1.29, 1.82) is 0 Å². The van der Waals surface area contributed by atoms with Crippen LogP contribution in [0.15, 0.2) is 59.4 Å². The molecule has 2 heterocycles. The Kier molecular flexibility index (Phi) is 6.45. The molecule has 7 nitrogen and oxygen atoms in total. The summed E-state index contributed by atoms with van der Waals surface area (Å²) >= 11 is 0. The van der Waals surface area contributed by atoms with Gasteiger partial charge < -0.3 is 20.0 Å². The van der Waals surface area contributed by atoms with Gasteiger partial charge in [0.15, 0.2) is 0 Å². The first-order valence-corrected chi connectivity index (χ1v) is 10.8. The van der Waals surface area contributed by atoms with Crippen molar-refractivity contribution in [3.8, 4) is 0 Å². The lowest BCUT2D eigenvalue weighted by Gasteiger charge is -2.22. The third-order valence-corrected chi connectivity index (χ3v) is 5.68. The maximum Gasteiger partial charge on any atom is 0.261 e. The largest absolute Gasteiger partial charge is 0.472 e. The minimum atomic E-state index is -1.03. The zero-order chi connectivity index (χ0) is 24.4. The van der Waals surface area contributed by atoms with Gasteiger partial charge in [0.2, 0.25) is 5.91 Å². The van der Waals surface area contributed by atoms with Crippen molar-refractivity contribution in [1.82, 2.24) is 5.32 Å². The van der Waals surface area contributed by atoms with Crippen molar-refractivity contribution >= 4 is 29.1 Å². The minimum Gasteiger partial charge on any atom is -0.472 e. The van der Waals surface area contributed by atoms with E-state index >= 15 is 0 Å². The quantitative estimate of drug-likeness (QED) is 0.570. The molecule has 34 heavy (non-hydrogen) atoms. The van der Waals surface area contributed by atoms with Gasteiger partial charge in [-0.2, -0.15) is 0 Å². The summed E-state index contributed by atoms with van der Waals surface area (Å²) in [5, 5.41) is 5.18. The molecule has 9 heteroatoms. The van der Waals surface area contributed by atoms with E-state index in [2.05, 4.69) is 10.6 Å². The first-order valence-electron chi connectivity index (χ1n) is 10.8. The number of nitrogens with one attached hydrogen (secondary N) is 2. The summed E-state index contributed by atoms with van der Waals surface area (Å²) in [6, 6.07) is 8.86. The fraction of sp³-hybridized carbons (Fsp3) is 0.240. The molecule has 0 fully saturated rings. The zero-order valence-electron chi connectivity index (χ0n) is 18.6. The SMILES string of the molecule is CC(C)C(NC(=O)c1c(F)cccc1F)C(=O)Nc1ccc2c(c1)CCN2C(=O)c1ccoc1. The summed E-state index contributed by atoms with van der Waals surface area (Å²) in [6.07, 6.45) is 3.44. The topological polar surface area (TPSA) is 91.7 Å². The predicted octanol–water partition coefficient (Wildman–Crippen LogP) is 4.15. The van der Waals surface area contributed by atoms with E-state index in [0.29, 0.717) is 24.2 Å². The van der Waals surface area contributed by atoms with Gasteiger partial charge in [-0.25, -0.2) is 8.78 Å². The van der Waals surface area contributed by atoms with Gasteiger partial charge in [-0.1, -0.05) is 19.9 Å². The highest BCUT2D eigenvalue weighted by atomic mass is 19.1. The van der Waals surface area contributed by atoms with Crippen molar-refractivity contribution in [3.63, 3.8) is 0 Å². The number of halogens is 2. The van der Waals surface area contributed by atoms with E-state index in [9.17, 15) is 23.2 Å². The third kappa shape index (κ3) is 4.54. The first-order chi connectivity index (χ1) is 16.3. The van der Waals surface area contributed by atoms with Crippen LogP contribution in [0.5, 0.6) is 0 Å². The monoisotopic (exact) mass is 467 g/mol. The molecular formula is C25H23F2N3O4. The van der Waals surface area contributed by atoms with Crippen LogP contribution in [0, 0.1) is 17.6 Å². The first kappa shape index (κ1) is 23.2. The Hall–Kier alpha value is -4.01. The molecule has 0 spiro atoms. The summed E-state index contributed by atoms with van der Waals surface area (Å²) in [5.74, 6) is -4.07. The average molecular weight is 467 g/mol. The van der Waals surface area contributed by atoms with E-state index in [1.165, 1.54) is 12.5 Å². The predicted molar refractivity (Wildman–Crippen MR) is 122 cm³/mol. The van der Waals surface area contributed by atoms with Gasteiger partial charge in [0, 0.05) is 17.9 Å². The Morgan fingerprint density at radius 2 is 1.79 bits per heavy atom. The molecule has 2 N–H and O–H groups in total. The second-order valence-corrected chi connectivity index (χ2v) is 8.34. The molecule has 0 saturated carbocycles. The number of nitrogens with zero attached hydrogens (tertiary/aromatic N) is 1. The molecule has 1 atom stereocenters. The molecule has 1 aromatic heterocycles. The summed E-state index contributed by atoms with van der Waals surface area (Å²) in [5.41, 5.74) is 1.83. The molecule has 176 valence electrons. The van der Waals surface area contributed by atoms with Crippen LogP contribution >= 0.6 is 0 Å². The molecule has 4 rings (SSSR count). The Bertz CT molecular complexity index is 1220. The third-order valence-electron chi connectivity index (χ3n) is 5.68. The van der Waals surface area contributed by atoms with Crippen LogP contribution in [0.25, 0.3) is 0 Å². The number of carbonyl (C=O) groups is 3. The number of hydrogen-bond acceptors (Lipinski definition) is 4. The molecule has 3 amide bonds. The van der Waals surface area contributed by atoms with Gasteiger partial charge in [-0.3, -0.25) is 14.4 Å². The van der Waals surface area contributed by atoms with E-state index < -0.39 is 35.1 Å². The minimum absolute atomic E-state index is 0.174. The fourth-order valence-electron chi connectivity index (χ4n) is 3.92. The molecule has 0 bridgehead atoms. The molecule has 2 aromatic carbocycles. The van der Waals surface area contributed by atoms with E-state index in [1.54, 1.807) is 43.0 Å². The van der Waals surface area contributed by atoms with E-state index in [0.717, 1.165) is 29.4 Å². The number of hydrogen-bond donors (Lipinski definition) is 2. The van der Waals surface area contributed by atoms with Gasteiger partial charge in [0.1, 0.15) is 29.5 Å². The van der Waals surface area contributed by atoms with Gasteiger partial charge in [0.25, 0.3) is 11.8 Å². The number of fused-ring (bicyclic) bond motifs is 1. The van der Waals surface area contributed by atoms with Crippen LogP contribution in [0.1, 0.15) is 40.1 Å². The van der Waals surface area contributed by atoms with Crippen LogP contribution in [0.3, 0.4) is 0 Å². The van der Waals surface area contributed by atoms with Crippen LogP contribution < -0.4 is 15.5 Å². The summed E-state index contributed by atoms with van der Waals surface area (Å²) in [4.78, 5) is 39.7. The highest BCUT2D eigenvalue weighted by Gasteiger charge is 2.29. The maximum atomic E-state index is 14.0. The number of anilines is 2. The second-order valence-electron chi connectivity index (χ2n) is 8.34. The highest BCUT2D eigenvalue weighted by molar-refractivity contribution is 6.07. The van der Waals surface area contributed by atoms with Crippen LogP contribution in [0.4, 0.5) is 20.2 Å². The Morgan fingerprint density at radius 3 is 2.44 bits per heavy atom. The molecule has 0 saturated heterocycles. The molecular weight excluding hydrogens is 444 g/mol. The van der Waals surface area contributed by atoms with E-state index in [4.69, 9.17) is 4.42 Å². The van der Waals surface area contributed by atoms with E-state index in [1.807, 2.05) is 0 Å². The smallest absolute Gasteiger partial charge is 0.261 e. The summed E-state index contributed by atoms with van der Waals surface area (Å²) in [6.45, 7) is 3.92. The number of amides is 3. The van der Waals surface area contributed by atoms with Gasteiger partial charge in [0.05, 0.1) is 11.8 Å². The molecule has 0 aliphatic carbocycles. The Labute approximate surface area is 194 Å². The number of furan rings is 1. The van der Waals surface area contributed by atoms with Gasteiger partial charge >= 0.3 is 0 Å². The van der Waals surface area contributed by atoms with Crippen molar-refractivity contribution in [2.45, 2.75) is 26.3 Å². The van der Waals surface area contributed by atoms with Crippen molar-refractivity contribution in [2.24, 2.45) is 5.92 Å². The normalized spacial score (nSPS) is 13.5. The van der Waals surface area contributed by atoms with Gasteiger partial charge in [-0.05, 0) is 54.3 Å². The average Bonchev–Trinajstić information content (AvgIpc) is 3.46. The maximum absolute atomic E-state index is 14.0. The van der Waals surface area contributed by atoms with Crippen LogP contribution in [0.2, 0.25) is 0 Å². The lowest BCUT2D eigenvalue weighted by atomic mass is 10.0. The van der Waals surface area contributed by atoms with Crippen molar-refractivity contribution in [2.75, 3.05) is 16.8 Å². The van der Waals surface area contributed by atoms with E-state index in [-0.39, 0.29) is 11.8 Å². The molecule has 1 aliphatic heterocycles. The molecule has 3 aromatic rings. The highest BCUT2D eigenvalue weighted by Crippen LogP contribution is 2.32. The molecule has 0 radical (unpaired) electrons. The lowest BCUT2D eigenvalue weighted by molar-refractivity contribution is -0.118. The molecule has 1 unspecified atom stereocenters. The molecule has 1 aliphatic rings. The van der Waals surface area contributed by atoms with Crippen LogP contribution in [-0.2, 0) is 11.2 Å². The lowest BCUT2D eigenvalue weighted by Crippen LogP contribution is -2.47. The van der Waals surface area contributed by atoms with Crippen molar-refractivity contribution < 1.29 is 27.6 Å². The Morgan fingerprint density at radius 1 is 1.06 bits per heavy atom. The fourth-order valence-corrected chi connectivity index (χ4v) is 3.92. The number of carbonyl (C=O) groups excluding carboxylic acids is 3. The Balaban J connectivity index is 1.48. The standard InChI is InChI=1S/C25H23F2N3O4/c1-14(2)22(29-23(31)21-18(26)4-3-5-19(21)27)24(32)28-17-6-7-20-15(12-17)8-10-30(20)25(33)16-9-11-34-13-16/h3-7,9,11-14,22H,8,10H2,1-2H3,(H,28,32)(H,29,31). The second kappa shape index (κ2) is 9.46. The number of benzene rings is 2. The van der Waals surface area contributed by atoms with Crippen molar-refractivity contribution in [3.05, 3.63) is 83.3 Å². The zero-order valence-corrected chi connectivity index (χ0v) is 18.6. The summed E-state index contributed by atoms with van der Waals surface area (Å²) in [7, 11) is 0. The van der Waals surface area contributed by atoms with Crippen LogP contribution in [-0.4, -0.2) is 30.3 Å².